The Bertz CT molecular complexity index is 548. The fourth-order valence-electron chi connectivity index (χ4n) is 7.49. The van der Waals surface area contributed by atoms with Crippen LogP contribution in [0.3, 0.4) is 0 Å². The molecule has 4 rings (SSSR count). The molecule has 0 radical (unpaired) electrons. The Morgan fingerprint density at radius 1 is 1.05 bits per heavy atom. The van der Waals surface area contributed by atoms with Crippen LogP contribution in [0.4, 0.5) is 0 Å². The van der Waals surface area contributed by atoms with Gasteiger partial charge in [0.2, 0.25) is 0 Å². The molecule has 0 aromatic rings. The van der Waals surface area contributed by atoms with Crippen molar-refractivity contribution in [1.82, 2.24) is 0 Å². The van der Waals surface area contributed by atoms with Gasteiger partial charge in [-0.1, -0.05) is 33.8 Å². The van der Waals surface area contributed by atoms with E-state index in [1.807, 2.05) is 0 Å². The van der Waals surface area contributed by atoms with Gasteiger partial charge in [0.15, 0.2) is 5.78 Å². The van der Waals surface area contributed by atoms with Crippen LogP contribution in [0, 0.1) is 34.0 Å². The second-order valence-electron chi connectivity index (χ2n) is 9.52. The summed E-state index contributed by atoms with van der Waals surface area (Å²) in [5, 5.41) is 11.0. The number of carbonyl (C=O) groups is 1. The Hall–Kier alpha value is -0.630. The topological polar surface area (TPSA) is 37.3 Å². The predicted molar refractivity (Wildman–Crippen MR) is 87.3 cm³/mol. The molecule has 4 aliphatic rings. The average Bonchev–Trinajstić information content (AvgIpc) is 2.56. The average molecular weight is 302 g/mol. The molecule has 0 aromatic carbocycles. The van der Waals surface area contributed by atoms with Gasteiger partial charge in [-0.05, 0) is 66.8 Å². The highest BCUT2D eigenvalue weighted by molar-refractivity contribution is 6.04. The van der Waals surface area contributed by atoms with Crippen LogP contribution in [0.25, 0.3) is 0 Å². The highest BCUT2D eigenvalue weighted by atomic mass is 16.3. The van der Waals surface area contributed by atoms with Crippen molar-refractivity contribution in [3.63, 3.8) is 0 Å². The van der Waals surface area contributed by atoms with Gasteiger partial charge in [-0.3, -0.25) is 4.79 Å². The van der Waals surface area contributed by atoms with Crippen molar-refractivity contribution in [3.05, 3.63) is 12.2 Å². The van der Waals surface area contributed by atoms with Gasteiger partial charge >= 0.3 is 0 Å². The van der Waals surface area contributed by atoms with E-state index in [0.717, 1.165) is 31.3 Å². The quantitative estimate of drug-likeness (QED) is 0.683. The summed E-state index contributed by atoms with van der Waals surface area (Å²) in [5.74, 6) is 1.31. The molecule has 0 saturated heterocycles. The number of Topliss-reactive ketones (excluding diaryl/α,β-unsaturated/α-hetero) is 1. The van der Waals surface area contributed by atoms with Crippen molar-refractivity contribution in [1.29, 1.82) is 0 Å². The van der Waals surface area contributed by atoms with Crippen LogP contribution in [-0.4, -0.2) is 17.0 Å². The summed E-state index contributed by atoms with van der Waals surface area (Å²) in [5.41, 5.74) is 0.826. The van der Waals surface area contributed by atoms with E-state index in [4.69, 9.17) is 0 Å². The minimum absolute atomic E-state index is 0.0421. The predicted octanol–water partition coefficient (Wildman–Crippen LogP) is 4.13. The zero-order valence-electron chi connectivity index (χ0n) is 14.3. The largest absolute Gasteiger partial charge is 0.391 e. The minimum atomic E-state index is -0.487. The first-order valence-electron chi connectivity index (χ1n) is 9.17. The normalized spacial score (nSPS) is 53.1. The van der Waals surface area contributed by atoms with Crippen molar-refractivity contribution < 1.29 is 9.90 Å². The molecular formula is C20H30O2. The lowest BCUT2D eigenvalue weighted by Gasteiger charge is -2.63. The van der Waals surface area contributed by atoms with Crippen LogP contribution in [-0.2, 0) is 4.79 Å². The standard InChI is InChI=1S/C20H30O2/c1-12-13-6-7-15-19(4)10-5-9-18(2,3)14(19)8-11-20(15,16(12)21)17(13)22/h13-15,17,22H,1,5-11H2,2-4H3/t13-,14-,15+,17-,19-,20-/m1/s1. The van der Waals surface area contributed by atoms with E-state index in [2.05, 4.69) is 27.4 Å². The number of rotatable bonds is 0. The summed E-state index contributed by atoms with van der Waals surface area (Å²) >= 11 is 0. The van der Waals surface area contributed by atoms with Crippen molar-refractivity contribution in [3.8, 4) is 0 Å². The first-order valence-corrected chi connectivity index (χ1v) is 9.17. The van der Waals surface area contributed by atoms with Crippen molar-refractivity contribution >= 4 is 5.78 Å². The number of hydrogen-bond acceptors (Lipinski definition) is 2. The molecule has 4 fully saturated rings. The van der Waals surface area contributed by atoms with E-state index in [1.165, 1.54) is 19.3 Å². The van der Waals surface area contributed by atoms with E-state index in [0.29, 0.717) is 17.3 Å². The molecule has 2 heteroatoms. The molecule has 0 amide bonds. The smallest absolute Gasteiger partial charge is 0.167 e. The third kappa shape index (κ3) is 1.48. The fraction of sp³-hybridized carbons (Fsp3) is 0.850. The Kier molecular flexibility index (Phi) is 2.89. The lowest BCUT2D eigenvalue weighted by atomic mass is 9.40. The fourth-order valence-corrected chi connectivity index (χ4v) is 7.49. The second kappa shape index (κ2) is 4.26. The summed E-state index contributed by atoms with van der Waals surface area (Å²) in [6, 6.07) is 0. The van der Waals surface area contributed by atoms with Crippen LogP contribution in [0.2, 0.25) is 0 Å². The van der Waals surface area contributed by atoms with Crippen LogP contribution < -0.4 is 0 Å². The first-order chi connectivity index (χ1) is 10.2. The molecule has 2 nitrogen and oxygen atoms in total. The van der Waals surface area contributed by atoms with Gasteiger partial charge in [0.05, 0.1) is 11.5 Å². The molecule has 0 unspecified atom stereocenters. The highest BCUT2D eigenvalue weighted by Gasteiger charge is 2.70. The molecule has 0 heterocycles. The van der Waals surface area contributed by atoms with E-state index in [9.17, 15) is 9.90 Å². The van der Waals surface area contributed by atoms with Crippen molar-refractivity contribution in [2.45, 2.75) is 71.8 Å². The Morgan fingerprint density at radius 3 is 2.50 bits per heavy atom. The molecule has 2 bridgehead atoms. The number of fused-ring (bicyclic) bond motifs is 3. The van der Waals surface area contributed by atoms with Crippen molar-refractivity contribution in [2.75, 3.05) is 0 Å². The maximum atomic E-state index is 13.1. The van der Waals surface area contributed by atoms with Crippen LogP contribution >= 0.6 is 0 Å². The van der Waals surface area contributed by atoms with E-state index in [-0.39, 0.29) is 17.1 Å². The van der Waals surface area contributed by atoms with E-state index < -0.39 is 11.5 Å². The van der Waals surface area contributed by atoms with Gasteiger partial charge < -0.3 is 5.11 Å². The Balaban J connectivity index is 1.83. The molecule has 1 N–H and O–H groups in total. The summed E-state index contributed by atoms with van der Waals surface area (Å²) < 4.78 is 0. The number of aliphatic hydroxyl groups excluding tert-OH is 1. The molecule has 0 aromatic heterocycles. The first kappa shape index (κ1) is 14.9. The van der Waals surface area contributed by atoms with Gasteiger partial charge in [0.25, 0.3) is 0 Å². The Labute approximate surface area is 134 Å². The van der Waals surface area contributed by atoms with Crippen LogP contribution in [0.15, 0.2) is 12.2 Å². The van der Waals surface area contributed by atoms with E-state index >= 15 is 0 Å². The lowest BCUT2D eigenvalue weighted by molar-refractivity contribution is -0.186. The number of aliphatic hydroxyl groups is 1. The Morgan fingerprint density at radius 2 is 1.77 bits per heavy atom. The van der Waals surface area contributed by atoms with Gasteiger partial charge in [-0.25, -0.2) is 0 Å². The zero-order valence-corrected chi connectivity index (χ0v) is 14.3. The summed E-state index contributed by atoms with van der Waals surface area (Å²) in [6.45, 7) is 11.3. The maximum Gasteiger partial charge on any atom is 0.167 e. The maximum absolute atomic E-state index is 13.1. The summed E-state index contributed by atoms with van der Waals surface area (Å²) in [6.07, 6.45) is 7.38. The molecule has 0 aliphatic heterocycles. The monoisotopic (exact) mass is 302 g/mol. The van der Waals surface area contributed by atoms with Gasteiger partial charge in [-0.2, -0.15) is 0 Å². The molecule has 4 aliphatic carbocycles. The van der Waals surface area contributed by atoms with E-state index in [1.54, 1.807) is 0 Å². The molecular weight excluding hydrogens is 272 g/mol. The SMILES string of the molecule is C=C1C(=O)[C@@]23CC[C@@H]4C(C)(C)CCC[C@@]4(C)[C@@H]2CC[C@H]1[C@H]3O. The molecule has 22 heavy (non-hydrogen) atoms. The number of hydrogen-bond donors (Lipinski definition) is 1. The molecule has 1 spiro atoms. The third-order valence-corrected chi connectivity index (χ3v) is 8.38. The zero-order chi connectivity index (χ0) is 15.9. The minimum Gasteiger partial charge on any atom is -0.391 e. The molecule has 6 atom stereocenters. The van der Waals surface area contributed by atoms with Gasteiger partial charge in [-0.15, -0.1) is 0 Å². The van der Waals surface area contributed by atoms with Crippen LogP contribution in [0.1, 0.15) is 65.7 Å². The summed E-state index contributed by atoms with van der Waals surface area (Å²) in [7, 11) is 0. The van der Waals surface area contributed by atoms with Gasteiger partial charge in [0, 0.05) is 5.92 Å². The summed E-state index contributed by atoms with van der Waals surface area (Å²) in [4.78, 5) is 13.1. The van der Waals surface area contributed by atoms with Crippen LogP contribution in [0.5, 0.6) is 0 Å². The number of carbonyl (C=O) groups excluding carboxylic acids is 1. The van der Waals surface area contributed by atoms with Gasteiger partial charge in [0.1, 0.15) is 0 Å². The molecule has 4 saturated carbocycles. The third-order valence-electron chi connectivity index (χ3n) is 8.38. The lowest BCUT2D eigenvalue weighted by Crippen LogP contribution is -2.61. The molecule has 122 valence electrons. The van der Waals surface area contributed by atoms with Crippen molar-refractivity contribution in [2.24, 2.45) is 34.0 Å². The highest BCUT2D eigenvalue weighted by Crippen LogP contribution is 2.70. The number of ketones is 1. The second-order valence-corrected chi connectivity index (χ2v) is 9.52.